The Bertz CT molecular complexity index is 706. The van der Waals surface area contributed by atoms with Gasteiger partial charge in [-0.25, -0.2) is 4.39 Å². The molecule has 7 heteroatoms. The standard InChI is InChI=1S/C20H25FN2O4/c21-17-7-5-14(6-8-17)11-18(24)22-9-1-3-15(12-22)19(25)23-10-2-4-16(13-23)20(26)27/h5-8,15-16H,1-4,9-13H2,(H,26,27)/t15-,16+/m1/s1. The second-order valence-electron chi connectivity index (χ2n) is 7.44. The average Bonchev–Trinajstić information content (AvgIpc) is 2.69. The molecule has 0 spiro atoms. The second kappa shape index (κ2) is 8.50. The maximum atomic E-state index is 13.0. The number of rotatable bonds is 4. The molecule has 6 nitrogen and oxygen atoms in total. The van der Waals surface area contributed by atoms with Gasteiger partial charge in [0.05, 0.1) is 18.3 Å². The minimum Gasteiger partial charge on any atom is -0.481 e. The average molecular weight is 376 g/mol. The summed E-state index contributed by atoms with van der Waals surface area (Å²) in [6.45, 7) is 1.82. The number of piperidine rings is 2. The van der Waals surface area contributed by atoms with Gasteiger partial charge in [-0.15, -0.1) is 0 Å². The van der Waals surface area contributed by atoms with Gasteiger partial charge < -0.3 is 14.9 Å². The molecule has 27 heavy (non-hydrogen) atoms. The van der Waals surface area contributed by atoms with Crippen molar-refractivity contribution in [3.63, 3.8) is 0 Å². The second-order valence-corrected chi connectivity index (χ2v) is 7.44. The Morgan fingerprint density at radius 3 is 2.22 bits per heavy atom. The number of nitrogens with zero attached hydrogens (tertiary/aromatic N) is 2. The SMILES string of the molecule is O=C(O)[C@H]1CCCN(C(=O)[C@@H]2CCCN(C(=O)Cc3ccc(F)cc3)C2)C1. The quantitative estimate of drug-likeness (QED) is 0.871. The molecule has 2 atom stereocenters. The Balaban J connectivity index is 1.58. The van der Waals surface area contributed by atoms with E-state index in [9.17, 15) is 23.9 Å². The molecule has 146 valence electrons. The van der Waals surface area contributed by atoms with Crippen molar-refractivity contribution in [2.75, 3.05) is 26.2 Å². The van der Waals surface area contributed by atoms with E-state index >= 15 is 0 Å². The Labute approximate surface area is 157 Å². The van der Waals surface area contributed by atoms with E-state index in [-0.39, 0.29) is 36.5 Å². The van der Waals surface area contributed by atoms with E-state index in [0.717, 1.165) is 12.0 Å². The van der Waals surface area contributed by atoms with Crippen molar-refractivity contribution in [3.05, 3.63) is 35.6 Å². The molecule has 0 aromatic heterocycles. The summed E-state index contributed by atoms with van der Waals surface area (Å²) >= 11 is 0. The van der Waals surface area contributed by atoms with Crippen molar-refractivity contribution in [3.8, 4) is 0 Å². The molecule has 1 N–H and O–H groups in total. The summed E-state index contributed by atoms with van der Waals surface area (Å²) in [7, 11) is 0. The zero-order valence-electron chi connectivity index (χ0n) is 15.3. The van der Waals surface area contributed by atoms with E-state index in [1.54, 1.807) is 21.9 Å². The number of likely N-dealkylation sites (tertiary alicyclic amines) is 2. The van der Waals surface area contributed by atoms with Crippen LogP contribution in [0.4, 0.5) is 4.39 Å². The third-order valence-electron chi connectivity index (χ3n) is 5.47. The number of carbonyl (C=O) groups excluding carboxylic acids is 2. The van der Waals surface area contributed by atoms with Gasteiger partial charge in [0.1, 0.15) is 5.82 Å². The van der Waals surface area contributed by atoms with E-state index in [2.05, 4.69) is 0 Å². The van der Waals surface area contributed by atoms with Crippen LogP contribution < -0.4 is 0 Å². The van der Waals surface area contributed by atoms with Gasteiger partial charge in [-0.05, 0) is 43.4 Å². The molecule has 1 aromatic rings. The van der Waals surface area contributed by atoms with Gasteiger partial charge in [0.15, 0.2) is 0 Å². The van der Waals surface area contributed by atoms with Gasteiger partial charge in [0, 0.05) is 26.2 Å². The number of halogens is 1. The highest BCUT2D eigenvalue weighted by atomic mass is 19.1. The Kier molecular flexibility index (Phi) is 6.08. The van der Waals surface area contributed by atoms with Crippen LogP contribution in [0.1, 0.15) is 31.2 Å². The number of benzene rings is 1. The highest BCUT2D eigenvalue weighted by molar-refractivity contribution is 5.83. The van der Waals surface area contributed by atoms with Crippen molar-refractivity contribution in [1.82, 2.24) is 9.80 Å². The van der Waals surface area contributed by atoms with Crippen molar-refractivity contribution >= 4 is 17.8 Å². The van der Waals surface area contributed by atoms with E-state index in [4.69, 9.17) is 0 Å². The lowest BCUT2D eigenvalue weighted by Crippen LogP contribution is -2.50. The van der Waals surface area contributed by atoms with Gasteiger partial charge in [0.2, 0.25) is 11.8 Å². The van der Waals surface area contributed by atoms with Gasteiger partial charge in [-0.1, -0.05) is 12.1 Å². The van der Waals surface area contributed by atoms with Crippen molar-refractivity contribution in [2.24, 2.45) is 11.8 Å². The normalized spacial score (nSPS) is 23.1. The number of hydrogen-bond acceptors (Lipinski definition) is 3. The van der Waals surface area contributed by atoms with E-state index in [0.29, 0.717) is 38.9 Å². The number of amides is 2. The summed E-state index contributed by atoms with van der Waals surface area (Å²) in [6, 6.07) is 5.86. The van der Waals surface area contributed by atoms with Crippen LogP contribution in [0.3, 0.4) is 0 Å². The van der Waals surface area contributed by atoms with Crippen molar-refractivity contribution in [2.45, 2.75) is 32.1 Å². The topological polar surface area (TPSA) is 77.9 Å². The van der Waals surface area contributed by atoms with Crippen LogP contribution in [0.25, 0.3) is 0 Å². The minimum atomic E-state index is -0.854. The molecule has 2 amide bonds. The summed E-state index contributed by atoms with van der Waals surface area (Å²) in [6.07, 6.45) is 2.95. The fourth-order valence-electron chi connectivity index (χ4n) is 3.93. The monoisotopic (exact) mass is 376 g/mol. The van der Waals surface area contributed by atoms with E-state index in [1.165, 1.54) is 12.1 Å². The Hall–Kier alpha value is -2.44. The maximum Gasteiger partial charge on any atom is 0.308 e. The predicted octanol–water partition coefficient (Wildman–Crippen LogP) is 1.93. The lowest BCUT2D eigenvalue weighted by atomic mass is 9.93. The first-order valence-electron chi connectivity index (χ1n) is 9.48. The molecule has 2 fully saturated rings. The third kappa shape index (κ3) is 4.84. The number of aliphatic carboxylic acids is 1. The van der Waals surface area contributed by atoms with Crippen LogP contribution in [-0.2, 0) is 20.8 Å². The molecule has 0 unspecified atom stereocenters. The highest BCUT2D eigenvalue weighted by Gasteiger charge is 2.34. The maximum absolute atomic E-state index is 13.0. The summed E-state index contributed by atoms with van der Waals surface area (Å²) in [5, 5.41) is 9.21. The van der Waals surface area contributed by atoms with Crippen LogP contribution in [0.2, 0.25) is 0 Å². The molecule has 2 heterocycles. The molecule has 2 saturated heterocycles. The summed E-state index contributed by atoms with van der Waals surface area (Å²) in [4.78, 5) is 40.0. The zero-order chi connectivity index (χ0) is 19.4. The molecular weight excluding hydrogens is 351 g/mol. The number of hydrogen-bond donors (Lipinski definition) is 1. The molecule has 2 aliphatic heterocycles. The molecule has 2 aliphatic rings. The molecule has 0 radical (unpaired) electrons. The van der Waals surface area contributed by atoms with Crippen LogP contribution in [-0.4, -0.2) is 58.9 Å². The van der Waals surface area contributed by atoms with Crippen LogP contribution >= 0.6 is 0 Å². The predicted molar refractivity (Wildman–Crippen MR) is 96.3 cm³/mol. The molecule has 0 saturated carbocycles. The smallest absolute Gasteiger partial charge is 0.308 e. The van der Waals surface area contributed by atoms with Gasteiger partial charge in [-0.2, -0.15) is 0 Å². The van der Waals surface area contributed by atoms with Gasteiger partial charge in [0.25, 0.3) is 0 Å². The van der Waals surface area contributed by atoms with Crippen LogP contribution in [0, 0.1) is 17.7 Å². The van der Waals surface area contributed by atoms with E-state index in [1.807, 2.05) is 0 Å². The zero-order valence-corrected chi connectivity index (χ0v) is 15.3. The lowest BCUT2D eigenvalue weighted by molar-refractivity contribution is -0.147. The highest BCUT2D eigenvalue weighted by Crippen LogP contribution is 2.24. The van der Waals surface area contributed by atoms with Gasteiger partial charge in [-0.3, -0.25) is 14.4 Å². The van der Waals surface area contributed by atoms with Crippen molar-refractivity contribution < 1.29 is 23.9 Å². The Morgan fingerprint density at radius 2 is 1.56 bits per heavy atom. The largest absolute Gasteiger partial charge is 0.481 e. The van der Waals surface area contributed by atoms with E-state index < -0.39 is 11.9 Å². The van der Waals surface area contributed by atoms with Crippen LogP contribution in [0.15, 0.2) is 24.3 Å². The molecule has 3 rings (SSSR count). The van der Waals surface area contributed by atoms with Gasteiger partial charge >= 0.3 is 5.97 Å². The first-order chi connectivity index (χ1) is 12.9. The summed E-state index contributed by atoms with van der Waals surface area (Å²) < 4.78 is 13.0. The molecule has 0 bridgehead atoms. The number of carboxylic acids is 1. The Morgan fingerprint density at radius 1 is 0.963 bits per heavy atom. The molecular formula is C20H25FN2O4. The molecule has 0 aliphatic carbocycles. The lowest BCUT2D eigenvalue weighted by Gasteiger charge is -2.37. The fourth-order valence-corrected chi connectivity index (χ4v) is 3.93. The summed E-state index contributed by atoms with van der Waals surface area (Å²) in [5.74, 6) is -2.07. The van der Waals surface area contributed by atoms with Crippen molar-refractivity contribution in [1.29, 1.82) is 0 Å². The first kappa shape index (κ1) is 19.3. The summed E-state index contributed by atoms with van der Waals surface area (Å²) in [5.41, 5.74) is 0.746. The number of carboxylic acid groups (broad SMARTS) is 1. The minimum absolute atomic E-state index is 0.0415. The number of carbonyl (C=O) groups is 3. The molecule has 1 aromatic carbocycles. The van der Waals surface area contributed by atoms with Crippen LogP contribution in [0.5, 0.6) is 0 Å². The fraction of sp³-hybridized carbons (Fsp3) is 0.550. The third-order valence-corrected chi connectivity index (χ3v) is 5.47. The first-order valence-corrected chi connectivity index (χ1v) is 9.48.